The number of aromatic nitrogens is 4. The zero-order valence-corrected chi connectivity index (χ0v) is 30.2. The Kier molecular flexibility index (Phi) is 19.9. The van der Waals surface area contributed by atoms with E-state index in [0.29, 0.717) is 17.8 Å². The number of nitrogens with zero attached hydrogens (tertiary/aromatic N) is 4. The van der Waals surface area contributed by atoms with Crippen LogP contribution in [0.2, 0.25) is 0 Å². The Bertz CT molecular complexity index is 1300. The number of hydrogen-bond acceptors (Lipinski definition) is 10. The molecule has 0 spiro atoms. The second kappa shape index (κ2) is 23.9. The summed E-state index contributed by atoms with van der Waals surface area (Å²) in [5.74, 6) is 0.267. The topological polar surface area (TPSA) is 144 Å². The molecule has 12 heteroatoms. The Morgan fingerprint density at radius 3 is 2.12 bits per heavy atom. The summed E-state index contributed by atoms with van der Waals surface area (Å²) in [5, 5.41) is 10.0. The van der Waals surface area contributed by atoms with Crippen LogP contribution in [0.5, 0.6) is 0 Å². The van der Waals surface area contributed by atoms with Gasteiger partial charge in [0.15, 0.2) is 11.5 Å². The normalized spacial score (nSPS) is 14.3. The molecule has 0 aliphatic carbocycles. The van der Waals surface area contributed by atoms with Gasteiger partial charge in [-0.05, 0) is 18.9 Å². The highest BCUT2D eigenvalue weighted by molar-refractivity contribution is 7.53. The van der Waals surface area contributed by atoms with E-state index in [1.165, 1.54) is 89.8 Å². The Labute approximate surface area is 287 Å². The van der Waals surface area contributed by atoms with E-state index in [9.17, 15) is 9.67 Å². The van der Waals surface area contributed by atoms with E-state index in [-0.39, 0.29) is 44.6 Å². The van der Waals surface area contributed by atoms with Gasteiger partial charge in [0.05, 0.1) is 51.5 Å². The maximum Gasteiger partial charge on any atom is 0.356 e. The molecule has 1 aromatic carbocycles. The van der Waals surface area contributed by atoms with E-state index >= 15 is 0 Å². The van der Waals surface area contributed by atoms with Crippen LogP contribution in [0.1, 0.15) is 116 Å². The van der Waals surface area contributed by atoms with Gasteiger partial charge in [-0.15, -0.1) is 0 Å². The number of rotatable bonds is 29. The first-order chi connectivity index (χ1) is 23.4. The molecule has 270 valence electrons. The molecule has 48 heavy (non-hydrogen) atoms. The summed E-state index contributed by atoms with van der Waals surface area (Å²) >= 11 is 0. The largest absolute Gasteiger partial charge is 0.394 e. The standard InChI is InChI=1S/C36H60N5O6P/c1-3-4-5-6-7-8-9-10-11-12-13-14-15-17-20-31(2)44-23-24-46-48(43,47-27-32-21-18-16-19-22-32)30-45-33(26-42)25-41-29-40-34-35(37)38-28-39-36(34)41/h16,18-19,21-22,28-29,31,33,42H,3-15,17,20,23-27,30H2,1-2H3,(H2,37,38,39)/t31?,33-,48-/m0/s1. The van der Waals surface area contributed by atoms with Crippen molar-refractivity contribution in [1.29, 1.82) is 0 Å². The third kappa shape index (κ3) is 15.9. The average Bonchev–Trinajstić information content (AvgIpc) is 3.52. The molecule has 3 rings (SSSR count). The van der Waals surface area contributed by atoms with Gasteiger partial charge in [0.25, 0.3) is 0 Å². The van der Waals surface area contributed by atoms with Crippen LogP contribution in [0.25, 0.3) is 11.2 Å². The zero-order valence-electron chi connectivity index (χ0n) is 29.3. The maximum atomic E-state index is 13.8. The predicted molar refractivity (Wildman–Crippen MR) is 192 cm³/mol. The maximum absolute atomic E-state index is 13.8. The number of aliphatic hydroxyl groups excluding tert-OH is 1. The number of anilines is 1. The van der Waals surface area contributed by atoms with Crippen LogP contribution in [-0.4, -0.2) is 63.0 Å². The van der Waals surface area contributed by atoms with Gasteiger partial charge in [0, 0.05) is 0 Å². The molecule has 3 atom stereocenters. The van der Waals surface area contributed by atoms with Crippen molar-refractivity contribution in [1.82, 2.24) is 19.5 Å². The number of ether oxygens (including phenoxy) is 2. The summed E-state index contributed by atoms with van der Waals surface area (Å²) in [5.41, 5.74) is 7.74. The zero-order chi connectivity index (χ0) is 34.3. The van der Waals surface area contributed by atoms with Crippen molar-refractivity contribution in [3.05, 3.63) is 48.5 Å². The fourth-order valence-corrected chi connectivity index (χ4v) is 6.92. The van der Waals surface area contributed by atoms with Crippen LogP contribution in [0.4, 0.5) is 5.82 Å². The molecule has 3 N–H and O–H groups in total. The number of aliphatic hydroxyl groups is 1. The van der Waals surface area contributed by atoms with Crippen molar-refractivity contribution in [2.75, 3.05) is 31.9 Å². The van der Waals surface area contributed by atoms with Crippen molar-refractivity contribution in [2.45, 2.75) is 136 Å². The molecule has 11 nitrogen and oxygen atoms in total. The average molecular weight is 690 g/mol. The minimum absolute atomic E-state index is 0.0911. The first-order valence-corrected chi connectivity index (χ1v) is 19.8. The molecule has 0 amide bonds. The molecule has 0 radical (unpaired) electrons. The van der Waals surface area contributed by atoms with Crippen LogP contribution < -0.4 is 5.73 Å². The van der Waals surface area contributed by atoms with Gasteiger partial charge >= 0.3 is 7.60 Å². The van der Waals surface area contributed by atoms with Gasteiger partial charge in [-0.25, -0.2) is 15.0 Å². The van der Waals surface area contributed by atoms with Crippen molar-refractivity contribution in [2.24, 2.45) is 0 Å². The summed E-state index contributed by atoms with van der Waals surface area (Å²) in [6.45, 7) is 4.73. The third-order valence-electron chi connectivity index (χ3n) is 8.51. The predicted octanol–water partition coefficient (Wildman–Crippen LogP) is 8.45. The molecule has 0 saturated carbocycles. The van der Waals surface area contributed by atoms with Crippen LogP contribution in [-0.2, 0) is 36.2 Å². The lowest BCUT2D eigenvalue weighted by Crippen LogP contribution is -2.25. The third-order valence-corrected chi connectivity index (χ3v) is 10.1. The molecule has 3 aromatic rings. The lowest BCUT2D eigenvalue weighted by atomic mass is 10.0. The van der Waals surface area contributed by atoms with Crippen molar-refractivity contribution < 1.29 is 28.2 Å². The molecule has 2 aromatic heterocycles. The number of benzene rings is 1. The van der Waals surface area contributed by atoms with E-state index in [4.69, 9.17) is 24.3 Å². The van der Waals surface area contributed by atoms with E-state index in [1.807, 2.05) is 30.3 Å². The first kappa shape index (κ1) is 40.0. The number of hydrogen-bond donors (Lipinski definition) is 2. The van der Waals surface area contributed by atoms with Gasteiger partial charge in [-0.3, -0.25) is 4.57 Å². The van der Waals surface area contributed by atoms with Crippen molar-refractivity contribution >= 4 is 24.6 Å². The molecule has 0 aliphatic heterocycles. The molecule has 0 bridgehead atoms. The van der Waals surface area contributed by atoms with E-state index in [0.717, 1.165) is 18.4 Å². The van der Waals surface area contributed by atoms with Gasteiger partial charge < -0.3 is 33.9 Å². The van der Waals surface area contributed by atoms with Crippen LogP contribution in [0, 0.1) is 0 Å². The minimum Gasteiger partial charge on any atom is -0.394 e. The van der Waals surface area contributed by atoms with E-state index in [1.54, 1.807) is 10.9 Å². The SMILES string of the molecule is CCCCCCCCCCCCCCCCC(C)OCCO[P@@](=O)(CO[C@H](CO)Cn1cnc2c(N)ncnc21)OCc1ccccc1. The Balaban J connectivity index is 1.33. The number of nitrogens with two attached hydrogens (primary N) is 1. The Morgan fingerprint density at radius 2 is 1.48 bits per heavy atom. The number of unbranched alkanes of at least 4 members (excludes halogenated alkanes) is 13. The molecule has 1 unspecified atom stereocenters. The highest BCUT2D eigenvalue weighted by Crippen LogP contribution is 2.49. The smallest absolute Gasteiger partial charge is 0.356 e. The minimum atomic E-state index is -3.69. The van der Waals surface area contributed by atoms with Gasteiger partial charge in [-0.1, -0.05) is 127 Å². The Morgan fingerprint density at radius 1 is 0.833 bits per heavy atom. The first-order valence-electron chi connectivity index (χ1n) is 18.1. The monoisotopic (exact) mass is 689 g/mol. The summed E-state index contributed by atoms with van der Waals surface area (Å²) < 4.78 is 38.9. The summed E-state index contributed by atoms with van der Waals surface area (Å²) in [6.07, 6.45) is 21.7. The quantitative estimate of drug-likeness (QED) is 0.0538. The molecule has 2 heterocycles. The second-order valence-corrected chi connectivity index (χ2v) is 14.7. The Hall–Kier alpha value is -2.40. The highest BCUT2D eigenvalue weighted by atomic mass is 31.2. The molecular weight excluding hydrogens is 629 g/mol. The lowest BCUT2D eigenvalue weighted by Gasteiger charge is -2.22. The van der Waals surface area contributed by atoms with Gasteiger partial charge in [-0.2, -0.15) is 0 Å². The summed E-state index contributed by atoms with van der Waals surface area (Å²) in [7, 11) is -3.69. The highest BCUT2D eigenvalue weighted by Gasteiger charge is 2.28. The fraction of sp³-hybridized carbons (Fsp3) is 0.694. The number of fused-ring (bicyclic) bond motifs is 1. The molecule has 0 saturated heterocycles. The van der Waals surface area contributed by atoms with Gasteiger partial charge in [0.1, 0.15) is 18.2 Å². The van der Waals surface area contributed by atoms with E-state index < -0.39 is 13.7 Å². The van der Waals surface area contributed by atoms with Crippen LogP contribution in [0.15, 0.2) is 43.0 Å². The van der Waals surface area contributed by atoms with Crippen molar-refractivity contribution in [3.63, 3.8) is 0 Å². The number of nitrogen functional groups attached to an aromatic ring is 1. The molecule has 0 fully saturated rings. The molecular formula is C36H60N5O6P. The van der Waals surface area contributed by atoms with Gasteiger partial charge in [0.2, 0.25) is 0 Å². The van der Waals surface area contributed by atoms with Crippen LogP contribution in [0.3, 0.4) is 0 Å². The van der Waals surface area contributed by atoms with Crippen LogP contribution >= 0.6 is 7.60 Å². The molecule has 0 aliphatic rings. The van der Waals surface area contributed by atoms with E-state index in [2.05, 4.69) is 28.8 Å². The second-order valence-electron chi connectivity index (χ2n) is 12.7. The summed E-state index contributed by atoms with van der Waals surface area (Å²) in [4.78, 5) is 12.4. The number of imidazole rings is 1. The fourth-order valence-electron chi connectivity index (χ4n) is 5.61. The lowest BCUT2D eigenvalue weighted by molar-refractivity contribution is 0.00755. The van der Waals surface area contributed by atoms with Crippen molar-refractivity contribution in [3.8, 4) is 0 Å². The summed E-state index contributed by atoms with van der Waals surface area (Å²) in [6, 6.07) is 9.47.